The Kier molecular flexibility index (Phi) is 10.8. The molecule has 0 spiro atoms. The number of likely N-dealkylation sites (tertiary alicyclic amines) is 2. The van der Waals surface area contributed by atoms with Gasteiger partial charge in [0.25, 0.3) is 0 Å². The number of morpholine rings is 1. The molecule has 7 rings (SSSR count). The molecule has 5 atom stereocenters. The summed E-state index contributed by atoms with van der Waals surface area (Å²) in [4.78, 5) is 72.1. The molecule has 3 N–H and O–H groups in total. The molecule has 13 nitrogen and oxygen atoms in total. The molecular weight excluding hydrogens is 686 g/mol. The van der Waals surface area contributed by atoms with Crippen LogP contribution in [0.2, 0.25) is 0 Å². The number of nitrogens with two attached hydrogens (primary N) is 1. The van der Waals surface area contributed by atoms with Gasteiger partial charge in [0.05, 0.1) is 30.2 Å². The molecule has 5 heterocycles. The van der Waals surface area contributed by atoms with E-state index in [0.29, 0.717) is 44.1 Å². The monoisotopic (exact) mass is 741 g/mol. The second-order valence-electron chi connectivity index (χ2n) is 16.9. The van der Waals surface area contributed by atoms with E-state index in [9.17, 15) is 24.0 Å². The highest BCUT2D eigenvalue weighted by molar-refractivity contribution is 6.00. The van der Waals surface area contributed by atoms with Crippen molar-refractivity contribution in [3.05, 3.63) is 70.1 Å². The van der Waals surface area contributed by atoms with Crippen molar-refractivity contribution in [3.8, 4) is 0 Å². The number of nitrogens with zero attached hydrogens (tertiary/aromatic N) is 5. The van der Waals surface area contributed by atoms with Crippen LogP contribution >= 0.6 is 0 Å². The number of aryl methyl sites for hydroxylation is 1. The lowest BCUT2D eigenvalue weighted by atomic mass is 9.82. The number of piperidine rings is 2. The highest BCUT2D eigenvalue weighted by atomic mass is 16.5. The molecule has 0 bridgehead atoms. The van der Waals surface area contributed by atoms with Crippen molar-refractivity contribution in [1.82, 2.24) is 29.2 Å². The van der Waals surface area contributed by atoms with E-state index in [1.165, 1.54) is 4.57 Å². The number of nitrogens with one attached hydrogen (secondary N) is 1. The molecule has 1 unspecified atom stereocenters. The number of fused-ring (bicyclic) bond motifs is 1. The molecule has 4 aliphatic heterocycles. The number of carbonyl (C=O) groups is 4. The van der Waals surface area contributed by atoms with Gasteiger partial charge in [0.15, 0.2) is 0 Å². The van der Waals surface area contributed by atoms with Crippen molar-refractivity contribution in [2.24, 2.45) is 30.0 Å². The molecule has 3 aromatic rings. The summed E-state index contributed by atoms with van der Waals surface area (Å²) < 4.78 is 9.18. The number of imide groups is 1. The van der Waals surface area contributed by atoms with Gasteiger partial charge in [-0.2, -0.15) is 0 Å². The van der Waals surface area contributed by atoms with Crippen molar-refractivity contribution < 1.29 is 23.9 Å². The zero-order valence-electron chi connectivity index (χ0n) is 32.0. The molecule has 290 valence electrons. The third-order valence-electron chi connectivity index (χ3n) is 12.2. The van der Waals surface area contributed by atoms with Gasteiger partial charge in [0, 0.05) is 33.1 Å². The quantitative estimate of drug-likeness (QED) is 0.335. The van der Waals surface area contributed by atoms with Gasteiger partial charge in [-0.1, -0.05) is 57.2 Å². The lowest BCUT2D eigenvalue weighted by Crippen LogP contribution is -2.58. The molecule has 0 aliphatic carbocycles. The first-order valence-electron chi connectivity index (χ1n) is 19.6. The highest BCUT2D eigenvalue weighted by Gasteiger charge is 2.47. The third-order valence-corrected chi connectivity index (χ3v) is 12.2. The largest absolute Gasteiger partial charge is 0.370 e. The van der Waals surface area contributed by atoms with Gasteiger partial charge >= 0.3 is 5.69 Å². The first-order valence-corrected chi connectivity index (χ1v) is 19.6. The van der Waals surface area contributed by atoms with Crippen molar-refractivity contribution in [3.63, 3.8) is 0 Å². The summed E-state index contributed by atoms with van der Waals surface area (Å²) >= 11 is 0. The van der Waals surface area contributed by atoms with Crippen molar-refractivity contribution in [2.75, 3.05) is 39.3 Å². The van der Waals surface area contributed by atoms with E-state index in [4.69, 9.17) is 10.5 Å². The molecule has 13 heteroatoms. The molecule has 0 radical (unpaired) electrons. The average Bonchev–Trinajstić information content (AvgIpc) is 3.69. The summed E-state index contributed by atoms with van der Waals surface area (Å²) in [6.45, 7) is 10.4. The van der Waals surface area contributed by atoms with Gasteiger partial charge in [-0.15, -0.1) is 0 Å². The number of carbonyl (C=O) groups excluding carboxylic acids is 4. The summed E-state index contributed by atoms with van der Waals surface area (Å²) in [6, 6.07) is 14.0. The molecule has 4 amide bonds. The summed E-state index contributed by atoms with van der Waals surface area (Å²) in [5.41, 5.74) is 9.40. The second kappa shape index (κ2) is 15.4. The number of aromatic nitrogens is 2. The van der Waals surface area contributed by atoms with E-state index in [1.807, 2.05) is 74.2 Å². The van der Waals surface area contributed by atoms with Gasteiger partial charge in [0.1, 0.15) is 18.2 Å². The van der Waals surface area contributed by atoms with Crippen LogP contribution in [0.4, 0.5) is 0 Å². The Balaban J connectivity index is 1.01. The number of hydrogen-bond donors (Lipinski definition) is 2. The van der Waals surface area contributed by atoms with Gasteiger partial charge in [-0.05, 0) is 85.7 Å². The maximum Gasteiger partial charge on any atom is 0.329 e. The molecule has 54 heavy (non-hydrogen) atoms. The van der Waals surface area contributed by atoms with Crippen LogP contribution in [-0.2, 0) is 37.5 Å². The predicted octanol–water partition coefficient (Wildman–Crippen LogP) is 3.11. The zero-order valence-corrected chi connectivity index (χ0v) is 32.0. The molecule has 4 aliphatic rings. The number of amides is 4. The van der Waals surface area contributed by atoms with E-state index in [-0.39, 0.29) is 41.9 Å². The van der Waals surface area contributed by atoms with E-state index in [0.717, 1.165) is 62.0 Å². The SMILES string of the molecule is Cn1c(=O)n(C2CCC(=O)NC2=O)c2ccc(CN3CCC(C[C@@H]4CCN(C(=O)[C@@H](N)C(C)(C)C)[C@@H]4C(=O)N4CCO[C@H](c5ccccc5)C4)CC3)cc21. The highest BCUT2D eigenvalue weighted by Crippen LogP contribution is 2.37. The number of ether oxygens (including phenoxy) is 1. The smallest absolute Gasteiger partial charge is 0.329 e. The van der Waals surface area contributed by atoms with Crippen LogP contribution in [0.1, 0.15) is 82.6 Å². The van der Waals surface area contributed by atoms with Gasteiger partial charge < -0.3 is 20.3 Å². The fourth-order valence-corrected chi connectivity index (χ4v) is 8.94. The number of imidazole rings is 1. The molecule has 4 fully saturated rings. The Morgan fingerprint density at radius 2 is 1.69 bits per heavy atom. The summed E-state index contributed by atoms with van der Waals surface area (Å²) in [5, 5.41) is 2.37. The van der Waals surface area contributed by atoms with Crippen LogP contribution in [0.25, 0.3) is 11.0 Å². The Morgan fingerprint density at radius 3 is 2.39 bits per heavy atom. The van der Waals surface area contributed by atoms with Crippen LogP contribution < -0.4 is 16.7 Å². The number of benzene rings is 2. The van der Waals surface area contributed by atoms with Crippen molar-refractivity contribution in [2.45, 2.75) is 90.1 Å². The average molecular weight is 742 g/mol. The van der Waals surface area contributed by atoms with Crippen LogP contribution in [-0.4, -0.2) is 98.9 Å². The topological polar surface area (TPSA) is 152 Å². The van der Waals surface area contributed by atoms with Gasteiger partial charge in [-0.3, -0.25) is 38.5 Å². The fourth-order valence-electron chi connectivity index (χ4n) is 8.94. The molecule has 0 saturated carbocycles. The lowest BCUT2D eigenvalue weighted by Gasteiger charge is -2.40. The number of hydrogen-bond acceptors (Lipinski definition) is 8. The van der Waals surface area contributed by atoms with Crippen LogP contribution in [0.3, 0.4) is 0 Å². The van der Waals surface area contributed by atoms with Gasteiger partial charge in [0.2, 0.25) is 23.6 Å². The van der Waals surface area contributed by atoms with E-state index >= 15 is 0 Å². The fraction of sp³-hybridized carbons (Fsp3) is 0.585. The van der Waals surface area contributed by atoms with E-state index in [2.05, 4.69) is 10.2 Å². The van der Waals surface area contributed by atoms with E-state index in [1.54, 1.807) is 16.5 Å². The minimum atomic E-state index is -0.709. The normalized spacial score (nSPS) is 25.3. The van der Waals surface area contributed by atoms with Crippen LogP contribution in [0, 0.1) is 17.3 Å². The van der Waals surface area contributed by atoms with Crippen molar-refractivity contribution in [1.29, 1.82) is 0 Å². The Morgan fingerprint density at radius 1 is 0.944 bits per heavy atom. The van der Waals surface area contributed by atoms with Crippen molar-refractivity contribution >= 4 is 34.7 Å². The lowest BCUT2D eigenvalue weighted by molar-refractivity contribution is -0.151. The first kappa shape index (κ1) is 38.0. The minimum Gasteiger partial charge on any atom is -0.370 e. The summed E-state index contributed by atoms with van der Waals surface area (Å²) in [7, 11) is 1.72. The standard InChI is InChI=1S/C41H55N7O6/c1-41(2,3)36(42)39(52)47-19-16-29(35(47)38(51)46-20-21-54-33(25-46)28-8-6-5-7-9-28)22-26-14-17-45(18-15-26)24-27-10-11-30-32(23-27)44(4)40(53)48(30)31-12-13-34(49)43-37(31)50/h5-11,23,26,29,31,33,35-36H,12-22,24-25,42H2,1-4H3,(H,43,49,50)/t29-,31?,33-,35-,36+/m0/s1. The van der Waals surface area contributed by atoms with Crippen LogP contribution in [0.5, 0.6) is 0 Å². The predicted molar refractivity (Wildman–Crippen MR) is 204 cm³/mol. The molecule has 2 aromatic carbocycles. The maximum absolute atomic E-state index is 14.5. The minimum absolute atomic E-state index is 0.00450. The third kappa shape index (κ3) is 7.63. The zero-order chi connectivity index (χ0) is 38.3. The van der Waals surface area contributed by atoms with Gasteiger partial charge in [-0.25, -0.2) is 4.79 Å². The molecule has 4 saturated heterocycles. The first-order chi connectivity index (χ1) is 25.8. The maximum atomic E-state index is 14.5. The second-order valence-corrected chi connectivity index (χ2v) is 16.9. The summed E-state index contributed by atoms with van der Waals surface area (Å²) in [5.74, 6) is -0.402. The Labute approximate surface area is 316 Å². The molecular formula is C41H55N7O6. The Bertz CT molecular complexity index is 1940. The van der Waals surface area contributed by atoms with E-state index < -0.39 is 29.4 Å². The number of rotatable bonds is 8. The van der Waals surface area contributed by atoms with Crippen LogP contribution in [0.15, 0.2) is 53.3 Å². The summed E-state index contributed by atoms with van der Waals surface area (Å²) in [6.07, 6.45) is 3.95. The Hall–Kier alpha value is -4.33. The molecule has 1 aromatic heterocycles.